The summed E-state index contributed by atoms with van der Waals surface area (Å²) in [5.74, 6) is 0. The van der Waals surface area contributed by atoms with Crippen LogP contribution in [0.3, 0.4) is 0 Å². The molecule has 1 heterocycles. The minimum Gasteiger partial charge on any atom is -0.377 e. The van der Waals surface area contributed by atoms with E-state index in [-0.39, 0.29) is 0 Å². The first-order valence-corrected chi connectivity index (χ1v) is 6.08. The van der Waals surface area contributed by atoms with Crippen molar-refractivity contribution in [2.24, 2.45) is 0 Å². The molecular weight excluding hydrogens is 190 g/mol. The molecule has 0 saturated carbocycles. The molecule has 0 amide bonds. The third kappa shape index (κ3) is 5.50. The molecule has 1 N–H and O–H groups in total. The Labute approximate surface area is 93.5 Å². The first kappa shape index (κ1) is 12.9. The van der Waals surface area contributed by atoms with E-state index in [9.17, 15) is 0 Å². The summed E-state index contributed by atoms with van der Waals surface area (Å²) in [5.41, 5.74) is 0. The third-order valence-electron chi connectivity index (χ3n) is 2.66. The Bertz CT molecular complexity index is 163. The molecule has 1 saturated heterocycles. The second-order valence-corrected chi connectivity index (χ2v) is 4.83. The zero-order chi connectivity index (χ0) is 11.3. The van der Waals surface area contributed by atoms with Gasteiger partial charge in [-0.15, -0.1) is 0 Å². The summed E-state index contributed by atoms with van der Waals surface area (Å²) >= 11 is 0. The second kappa shape index (κ2) is 6.46. The van der Waals surface area contributed by atoms with Crippen LogP contribution in [0.1, 0.15) is 40.5 Å². The second-order valence-electron chi connectivity index (χ2n) is 4.83. The monoisotopic (exact) mass is 215 g/mol. The minimum atomic E-state index is 0.344. The Morgan fingerprint density at radius 1 is 1.27 bits per heavy atom. The summed E-state index contributed by atoms with van der Waals surface area (Å²) in [6.07, 6.45) is 3.14. The van der Waals surface area contributed by atoms with Crippen LogP contribution in [0.5, 0.6) is 0 Å². The van der Waals surface area contributed by atoms with E-state index in [0.717, 1.165) is 26.0 Å². The Morgan fingerprint density at radius 3 is 2.40 bits per heavy atom. The molecule has 2 atom stereocenters. The van der Waals surface area contributed by atoms with E-state index in [2.05, 4.69) is 33.0 Å². The SMILES string of the molecule is CC(C)NCCOC1CC(C)OC(C)C1. The van der Waals surface area contributed by atoms with Crippen molar-refractivity contribution >= 4 is 0 Å². The van der Waals surface area contributed by atoms with E-state index in [1.54, 1.807) is 0 Å². The van der Waals surface area contributed by atoms with Gasteiger partial charge in [0.2, 0.25) is 0 Å². The van der Waals surface area contributed by atoms with E-state index in [1.807, 2.05) is 0 Å². The largest absolute Gasteiger partial charge is 0.377 e. The van der Waals surface area contributed by atoms with Gasteiger partial charge in [-0.25, -0.2) is 0 Å². The first-order chi connectivity index (χ1) is 7.08. The van der Waals surface area contributed by atoms with E-state index in [0.29, 0.717) is 24.4 Å². The molecule has 0 spiro atoms. The Hall–Kier alpha value is -0.120. The molecule has 1 aliphatic heterocycles. The van der Waals surface area contributed by atoms with Crippen LogP contribution in [0.15, 0.2) is 0 Å². The first-order valence-electron chi connectivity index (χ1n) is 6.08. The highest BCUT2D eigenvalue weighted by Crippen LogP contribution is 2.21. The highest BCUT2D eigenvalue weighted by molar-refractivity contribution is 4.73. The lowest BCUT2D eigenvalue weighted by Gasteiger charge is -2.32. The summed E-state index contributed by atoms with van der Waals surface area (Å²) in [4.78, 5) is 0. The predicted octanol–water partition coefficient (Wildman–Crippen LogP) is 1.96. The maximum atomic E-state index is 5.83. The smallest absolute Gasteiger partial charge is 0.0625 e. The average molecular weight is 215 g/mol. The standard InChI is InChI=1S/C12H25NO2/c1-9(2)13-5-6-14-12-7-10(3)15-11(4)8-12/h9-13H,5-8H2,1-4H3. The number of rotatable bonds is 5. The normalized spacial score (nSPS) is 32.2. The van der Waals surface area contributed by atoms with Gasteiger partial charge in [0, 0.05) is 12.6 Å². The third-order valence-corrected chi connectivity index (χ3v) is 2.66. The van der Waals surface area contributed by atoms with Gasteiger partial charge in [0.25, 0.3) is 0 Å². The molecule has 3 heteroatoms. The molecule has 3 nitrogen and oxygen atoms in total. The van der Waals surface area contributed by atoms with Crippen molar-refractivity contribution in [1.29, 1.82) is 0 Å². The molecule has 1 aliphatic rings. The van der Waals surface area contributed by atoms with Crippen LogP contribution in [0.4, 0.5) is 0 Å². The van der Waals surface area contributed by atoms with Crippen molar-refractivity contribution in [3.63, 3.8) is 0 Å². The molecule has 1 fully saturated rings. The van der Waals surface area contributed by atoms with Crippen LogP contribution in [0.25, 0.3) is 0 Å². The van der Waals surface area contributed by atoms with Crippen molar-refractivity contribution in [1.82, 2.24) is 5.32 Å². The molecule has 0 radical (unpaired) electrons. The number of ether oxygens (including phenoxy) is 2. The zero-order valence-electron chi connectivity index (χ0n) is 10.5. The fourth-order valence-electron chi connectivity index (χ4n) is 2.05. The van der Waals surface area contributed by atoms with Gasteiger partial charge in [-0.3, -0.25) is 0 Å². The highest BCUT2D eigenvalue weighted by atomic mass is 16.5. The fraction of sp³-hybridized carbons (Fsp3) is 1.00. The minimum absolute atomic E-state index is 0.344. The van der Waals surface area contributed by atoms with Gasteiger partial charge in [0.15, 0.2) is 0 Å². The van der Waals surface area contributed by atoms with E-state index in [4.69, 9.17) is 9.47 Å². The lowest BCUT2D eigenvalue weighted by molar-refractivity contribution is -0.101. The molecular formula is C12H25NO2. The summed E-state index contributed by atoms with van der Waals surface area (Å²) in [6, 6.07) is 0.543. The average Bonchev–Trinajstić information content (AvgIpc) is 2.10. The summed E-state index contributed by atoms with van der Waals surface area (Å²) < 4.78 is 11.5. The van der Waals surface area contributed by atoms with Gasteiger partial charge >= 0.3 is 0 Å². The summed E-state index contributed by atoms with van der Waals surface area (Å²) in [5, 5.41) is 3.35. The van der Waals surface area contributed by atoms with Crippen LogP contribution in [-0.2, 0) is 9.47 Å². The van der Waals surface area contributed by atoms with Crippen molar-refractivity contribution < 1.29 is 9.47 Å². The molecule has 15 heavy (non-hydrogen) atoms. The van der Waals surface area contributed by atoms with Crippen LogP contribution in [0.2, 0.25) is 0 Å². The van der Waals surface area contributed by atoms with Gasteiger partial charge < -0.3 is 14.8 Å². The van der Waals surface area contributed by atoms with Gasteiger partial charge in [0.1, 0.15) is 0 Å². The molecule has 0 bridgehead atoms. The topological polar surface area (TPSA) is 30.5 Å². The zero-order valence-corrected chi connectivity index (χ0v) is 10.5. The highest BCUT2D eigenvalue weighted by Gasteiger charge is 2.24. The van der Waals surface area contributed by atoms with Gasteiger partial charge in [0.05, 0.1) is 24.9 Å². The van der Waals surface area contributed by atoms with Crippen LogP contribution >= 0.6 is 0 Å². The van der Waals surface area contributed by atoms with Gasteiger partial charge in [-0.1, -0.05) is 13.8 Å². The number of hydrogen-bond acceptors (Lipinski definition) is 3. The molecule has 90 valence electrons. The lowest BCUT2D eigenvalue weighted by Crippen LogP contribution is -2.36. The van der Waals surface area contributed by atoms with Crippen molar-refractivity contribution in [3.05, 3.63) is 0 Å². The molecule has 1 rings (SSSR count). The van der Waals surface area contributed by atoms with E-state index in [1.165, 1.54) is 0 Å². The van der Waals surface area contributed by atoms with Gasteiger partial charge in [-0.05, 0) is 26.7 Å². The Balaban J connectivity index is 2.10. The lowest BCUT2D eigenvalue weighted by atomic mass is 10.0. The van der Waals surface area contributed by atoms with Crippen molar-refractivity contribution in [2.45, 2.75) is 64.9 Å². The predicted molar refractivity (Wildman–Crippen MR) is 62.1 cm³/mol. The Kier molecular flexibility index (Phi) is 5.58. The molecule has 0 aromatic heterocycles. The maximum absolute atomic E-state index is 5.83. The number of hydrogen-bond donors (Lipinski definition) is 1. The van der Waals surface area contributed by atoms with Crippen molar-refractivity contribution in [2.75, 3.05) is 13.2 Å². The quantitative estimate of drug-likeness (QED) is 0.711. The molecule has 0 aromatic carbocycles. The van der Waals surface area contributed by atoms with Crippen LogP contribution < -0.4 is 5.32 Å². The van der Waals surface area contributed by atoms with Crippen molar-refractivity contribution in [3.8, 4) is 0 Å². The van der Waals surface area contributed by atoms with Crippen LogP contribution in [-0.4, -0.2) is 37.5 Å². The maximum Gasteiger partial charge on any atom is 0.0625 e. The summed E-state index contributed by atoms with van der Waals surface area (Å²) in [6.45, 7) is 10.3. The fourth-order valence-corrected chi connectivity index (χ4v) is 2.05. The van der Waals surface area contributed by atoms with Crippen LogP contribution in [0, 0.1) is 0 Å². The number of nitrogens with one attached hydrogen (secondary N) is 1. The molecule has 2 unspecified atom stereocenters. The van der Waals surface area contributed by atoms with E-state index >= 15 is 0 Å². The Morgan fingerprint density at radius 2 is 1.87 bits per heavy atom. The molecule has 0 aliphatic carbocycles. The van der Waals surface area contributed by atoms with Gasteiger partial charge in [-0.2, -0.15) is 0 Å². The van der Waals surface area contributed by atoms with E-state index < -0.39 is 0 Å². The molecule has 0 aromatic rings. The summed E-state index contributed by atoms with van der Waals surface area (Å²) in [7, 11) is 0.